The van der Waals surface area contributed by atoms with Gasteiger partial charge in [0.1, 0.15) is 0 Å². The molecule has 1 N–H and O–H groups in total. The first kappa shape index (κ1) is 15.2. The van der Waals surface area contributed by atoms with Crippen molar-refractivity contribution in [3.05, 3.63) is 28.8 Å². The monoisotopic (exact) mass is 306 g/mol. The van der Waals surface area contributed by atoms with Crippen molar-refractivity contribution in [2.45, 2.75) is 52.1 Å². The van der Waals surface area contributed by atoms with E-state index in [1.807, 2.05) is 0 Å². The highest BCUT2D eigenvalue weighted by molar-refractivity contribution is 6.31. The Hall–Kier alpha value is -0.730. The molecule has 0 amide bonds. The molecule has 1 saturated carbocycles. The lowest BCUT2D eigenvalue weighted by Crippen LogP contribution is -2.35. The zero-order valence-corrected chi connectivity index (χ0v) is 14.0. The van der Waals surface area contributed by atoms with E-state index in [-0.39, 0.29) is 0 Å². The molecular weight excluding hydrogens is 280 g/mol. The summed E-state index contributed by atoms with van der Waals surface area (Å²) in [6, 6.07) is 7.32. The molecule has 2 fully saturated rings. The van der Waals surface area contributed by atoms with Gasteiger partial charge in [0.25, 0.3) is 0 Å². The zero-order valence-electron chi connectivity index (χ0n) is 13.2. The Morgan fingerprint density at radius 3 is 2.48 bits per heavy atom. The van der Waals surface area contributed by atoms with Crippen LogP contribution in [-0.4, -0.2) is 19.1 Å². The van der Waals surface area contributed by atoms with Gasteiger partial charge in [0.2, 0.25) is 0 Å². The molecule has 1 aromatic rings. The number of halogens is 1. The van der Waals surface area contributed by atoms with Gasteiger partial charge in [-0.25, -0.2) is 0 Å². The highest BCUT2D eigenvalue weighted by Gasteiger charge is 2.23. The molecular formula is C18H27ClN2. The maximum Gasteiger partial charge on any atom is 0.0471 e. The number of benzene rings is 1. The molecule has 3 heteroatoms. The van der Waals surface area contributed by atoms with Gasteiger partial charge >= 0.3 is 0 Å². The van der Waals surface area contributed by atoms with E-state index in [1.54, 1.807) is 0 Å². The van der Waals surface area contributed by atoms with Gasteiger partial charge in [-0.05, 0) is 55.2 Å². The summed E-state index contributed by atoms with van der Waals surface area (Å²) in [6.07, 6.45) is 5.25. The number of hydrogen-bond donors (Lipinski definition) is 1. The topological polar surface area (TPSA) is 15.3 Å². The predicted octanol–water partition coefficient (Wildman–Crippen LogP) is 4.46. The van der Waals surface area contributed by atoms with Gasteiger partial charge in [-0.15, -0.1) is 0 Å². The van der Waals surface area contributed by atoms with Gasteiger partial charge in [-0.2, -0.15) is 0 Å². The van der Waals surface area contributed by atoms with Crippen LogP contribution in [0, 0.1) is 11.8 Å². The van der Waals surface area contributed by atoms with Crippen LogP contribution in [0.2, 0.25) is 5.02 Å². The minimum Gasteiger partial charge on any atom is -0.371 e. The van der Waals surface area contributed by atoms with Gasteiger partial charge in [-0.1, -0.05) is 31.5 Å². The molecule has 1 aliphatic carbocycles. The number of hydrogen-bond acceptors (Lipinski definition) is 2. The Bertz CT molecular complexity index is 474. The second kappa shape index (κ2) is 6.58. The Balaban J connectivity index is 1.59. The molecule has 3 rings (SSSR count). The third-order valence-corrected chi connectivity index (χ3v) is 5.39. The van der Waals surface area contributed by atoms with E-state index in [2.05, 4.69) is 42.3 Å². The van der Waals surface area contributed by atoms with Crippen LogP contribution in [0.15, 0.2) is 18.2 Å². The molecule has 0 unspecified atom stereocenters. The average Bonchev–Trinajstić information content (AvgIpc) is 3.30. The summed E-state index contributed by atoms with van der Waals surface area (Å²) in [6.45, 7) is 7.93. The molecule has 0 spiro atoms. The number of rotatable bonds is 5. The van der Waals surface area contributed by atoms with Crippen molar-refractivity contribution in [2.75, 3.05) is 18.0 Å². The lowest BCUT2D eigenvalue weighted by atomic mass is 9.86. The molecule has 0 bridgehead atoms. The van der Waals surface area contributed by atoms with Gasteiger partial charge in [0, 0.05) is 36.4 Å². The summed E-state index contributed by atoms with van der Waals surface area (Å²) >= 11 is 6.46. The van der Waals surface area contributed by atoms with Crippen LogP contribution in [0.25, 0.3) is 0 Å². The second-order valence-electron chi connectivity index (χ2n) is 7.00. The largest absolute Gasteiger partial charge is 0.371 e. The number of piperidine rings is 1. The number of nitrogens with one attached hydrogen (secondary N) is 1. The quantitative estimate of drug-likeness (QED) is 0.863. The molecule has 1 heterocycles. The van der Waals surface area contributed by atoms with Crippen LogP contribution < -0.4 is 10.2 Å². The van der Waals surface area contributed by atoms with Crippen molar-refractivity contribution < 1.29 is 0 Å². The van der Waals surface area contributed by atoms with Gasteiger partial charge in [0.15, 0.2) is 0 Å². The van der Waals surface area contributed by atoms with Crippen LogP contribution in [0.4, 0.5) is 5.69 Å². The fourth-order valence-electron chi connectivity index (χ4n) is 3.24. The Kier molecular flexibility index (Phi) is 4.75. The maximum absolute atomic E-state index is 6.46. The summed E-state index contributed by atoms with van der Waals surface area (Å²) in [4.78, 5) is 2.49. The maximum atomic E-state index is 6.46. The minimum absolute atomic E-state index is 0.732. The number of anilines is 1. The molecule has 2 nitrogen and oxygen atoms in total. The summed E-state index contributed by atoms with van der Waals surface area (Å²) in [5.74, 6) is 1.70. The van der Waals surface area contributed by atoms with Gasteiger partial charge in [-0.3, -0.25) is 0 Å². The second-order valence-corrected chi connectivity index (χ2v) is 7.41. The highest BCUT2D eigenvalue weighted by Crippen LogP contribution is 2.30. The third-order valence-electron chi connectivity index (χ3n) is 5.04. The van der Waals surface area contributed by atoms with E-state index in [1.165, 1.54) is 50.0 Å². The highest BCUT2D eigenvalue weighted by atomic mass is 35.5. The normalized spacial score (nSPS) is 20.3. The van der Waals surface area contributed by atoms with E-state index in [0.717, 1.165) is 29.4 Å². The fraction of sp³-hybridized carbons (Fsp3) is 0.667. The predicted molar refractivity (Wildman–Crippen MR) is 91.1 cm³/mol. The molecule has 1 aromatic carbocycles. The van der Waals surface area contributed by atoms with E-state index in [0.29, 0.717) is 0 Å². The molecule has 2 aliphatic rings. The first-order valence-corrected chi connectivity index (χ1v) is 8.78. The first-order chi connectivity index (χ1) is 10.1. The van der Waals surface area contributed by atoms with E-state index < -0.39 is 0 Å². The third kappa shape index (κ3) is 3.92. The van der Waals surface area contributed by atoms with E-state index >= 15 is 0 Å². The summed E-state index contributed by atoms with van der Waals surface area (Å²) in [5.41, 5.74) is 2.52. The first-order valence-electron chi connectivity index (χ1n) is 8.40. The Morgan fingerprint density at radius 2 is 1.90 bits per heavy atom. The van der Waals surface area contributed by atoms with E-state index in [9.17, 15) is 0 Å². The molecule has 0 aromatic heterocycles. The van der Waals surface area contributed by atoms with Crippen molar-refractivity contribution in [3.8, 4) is 0 Å². The van der Waals surface area contributed by atoms with Crippen LogP contribution in [0.3, 0.4) is 0 Å². The van der Waals surface area contributed by atoms with Crippen LogP contribution in [-0.2, 0) is 6.54 Å². The minimum atomic E-state index is 0.732. The van der Waals surface area contributed by atoms with Crippen molar-refractivity contribution in [3.63, 3.8) is 0 Å². The lowest BCUT2D eigenvalue weighted by molar-refractivity contribution is 0.311. The van der Waals surface area contributed by atoms with Crippen molar-refractivity contribution in [1.82, 2.24) is 5.32 Å². The zero-order chi connectivity index (χ0) is 14.8. The fourth-order valence-corrected chi connectivity index (χ4v) is 3.48. The van der Waals surface area contributed by atoms with Crippen LogP contribution in [0.5, 0.6) is 0 Å². The molecule has 1 saturated heterocycles. The van der Waals surface area contributed by atoms with Gasteiger partial charge < -0.3 is 10.2 Å². The Morgan fingerprint density at radius 1 is 1.19 bits per heavy atom. The summed E-state index contributed by atoms with van der Waals surface area (Å²) < 4.78 is 0. The smallest absolute Gasteiger partial charge is 0.0471 e. The van der Waals surface area contributed by atoms with Crippen molar-refractivity contribution >= 4 is 17.3 Å². The van der Waals surface area contributed by atoms with Crippen molar-refractivity contribution in [1.29, 1.82) is 0 Å². The summed E-state index contributed by atoms with van der Waals surface area (Å²) in [5, 5.41) is 4.44. The van der Waals surface area contributed by atoms with Crippen molar-refractivity contribution in [2.24, 2.45) is 11.8 Å². The standard InChI is InChI=1S/C18H27ClN2/c1-13(2)14-7-9-21(10-8-14)17-6-3-15(18(19)11-17)12-20-16-4-5-16/h3,6,11,13-14,16,20H,4-5,7-10,12H2,1-2H3. The molecule has 0 radical (unpaired) electrons. The Labute approximate surface area is 133 Å². The van der Waals surface area contributed by atoms with Gasteiger partial charge in [0.05, 0.1) is 0 Å². The molecule has 21 heavy (non-hydrogen) atoms. The molecule has 116 valence electrons. The average molecular weight is 307 g/mol. The van der Waals surface area contributed by atoms with Crippen LogP contribution in [0.1, 0.15) is 45.1 Å². The van der Waals surface area contributed by atoms with E-state index in [4.69, 9.17) is 11.6 Å². The molecule has 0 atom stereocenters. The lowest BCUT2D eigenvalue weighted by Gasteiger charge is -2.35. The number of nitrogens with zero attached hydrogens (tertiary/aromatic N) is 1. The van der Waals surface area contributed by atoms with Crippen LogP contribution >= 0.6 is 11.6 Å². The summed E-state index contributed by atoms with van der Waals surface area (Å²) in [7, 11) is 0. The SMILES string of the molecule is CC(C)C1CCN(c2ccc(CNC3CC3)c(Cl)c2)CC1. The molecule has 1 aliphatic heterocycles.